The van der Waals surface area contributed by atoms with Crippen molar-refractivity contribution in [2.24, 2.45) is 16.6 Å². The Morgan fingerprint density at radius 3 is 2.78 bits per heavy atom. The van der Waals surface area contributed by atoms with Crippen LogP contribution in [0, 0.1) is 11.7 Å². The molecule has 1 aliphatic heterocycles. The van der Waals surface area contributed by atoms with Crippen molar-refractivity contribution in [3.05, 3.63) is 53.3 Å². The summed E-state index contributed by atoms with van der Waals surface area (Å²) in [7, 11) is 1.59. The van der Waals surface area contributed by atoms with Gasteiger partial charge in [0, 0.05) is 36.9 Å². The van der Waals surface area contributed by atoms with Gasteiger partial charge in [0.15, 0.2) is 0 Å². The van der Waals surface area contributed by atoms with E-state index in [2.05, 4.69) is 4.99 Å². The van der Waals surface area contributed by atoms with Gasteiger partial charge in [-0.3, -0.25) is 4.99 Å². The van der Waals surface area contributed by atoms with E-state index in [0.717, 1.165) is 23.1 Å². The maximum absolute atomic E-state index is 14.8. The summed E-state index contributed by atoms with van der Waals surface area (Å²) in [5, 5.41) is 8.94. The second kappa shape index (κ2) is 9.08. The molecule has 0 fully saturated rings. The van der Waals surface area contributed by atoms with Crippen molar-refractivity contribution in [2.75, 3.05) is 26.9 Å². The van der Waals surface area contributed by atoms with Gasteiger partial charge in [-0.05, 0) is 35.7 Å². The quantitative estimate of drug-likeness (QED) is 0.746. The monoisotopic (exact) mass is 372 g/mol. The van der Waals surface area contributed by atoms with Crippen molar-refractivity contribution in [1.29, 1.82) is 0 Å². The van der Waals surface area contributed by atoms with E-state index < -0.39 is 0 Å². The summed E-state index contributed by atoms with van der Waals surface area (Å²) >= 11 is 0. The van der Waals surface area contributed by atoms with Gasteiger partial charge in [0.2, 0.25) is 0 Å². The van der Waals surface area contributed by atoms with E-state index in [1.54, 1.807) is 25.3 Å². The minimum Gasteiger partial charge on any atom is -0.491 e. The molecule has 3 N–H and O–H groups in total. The second-order valence-corrected chi connectivity index (χ2v) is 6.61. The molecule has 5 nitrogen and oxygen atoms in total. The summed E-state index contributed by atoms with van der Waals surface area (Å²) in [6.45, 7) is 1.03. The van der Waals surface area contributed by atoms with Crippen LogP contribution in [0.5, 0.6) is 5.75 Å². The van der Waals surface area contributed by atoms with Gasteiger partial charge >= 0.3 is 0 Å². The highest BCUT2D eigenvalue weighted by Crippen LogP contribution is 2.34. The van der Waals surface area contributed by atoms with Gasteiger partial charge in [-0.1, -0.05) is 18.2 Å². The van der Waals surface area contributed by atoms with Gasteiger partial charge in [-0.25, -0.2) is 4.39 Å². The summed E-state index contributed by atoms with van der Waals surface area (Å²) in [5.41, 5.74) is 8.62. The fourth-order valence-electron chi connectivity index (χ4n) is 3.30. The van der Waals surface area contributed by atoms with Crippen LogP contribution < -0.4 is 10.5 Å². The van der Waals surface area contributed by atoms with Gasteiger partial charge in [0.25, 0.3) is 0 Å². The summed E-state index contributed by atoms with van der Waals surface area (Å²) in [4.78, 5) is 4.46. The maximum atomic E-state index is 14.8. The molecule has 0 aliphatic carbocycles. The molecule has 0 radical (unpaired) electrons. The molecule has 0 saturated heterocycles. The molecule has 3 rings (SSSR count). The fourth-order valence-corrected chi connectivity index (χ4v) is 3.30. The number of hydrogen-bond donors (Lipinski definition) is 2. The van der Waals surface area contributed by atoms with Gasteiger partial charge in [-0.2, -0.15) is 0 Å². The van der Waals surface area contributed by atoms with E-state index in [9.17, 15) is 4.39 Å². The minimum absolute atomic E-state index is 0.0274. The number of ether oxygens (including phenoxy) is 2. The highest BCUT2D eigenvalue weighted by atomic mass is 19.1. The van der Waals surface area contributed by atoms with Crippen molar-refractivity contribution >= 4 is 6.21 Å². The van der Waals surface area contributed by atoms with Crippen molar-refractivity contribution in [3.63, 3.8) is 0 Å². The Morgan fingerprint density at radius 1 is 1.26 bits per heavy atom. The lowest BCUT2D eigenvalue weighted by Crippen LogP contribution is -2.13. The van der Waals surface area contributed by atoms with Crippen LogP contribution in [0.1, 0.15) is 23.6 Å². The van der Waals surface area contributed by atoms with E-state index in [-0.39, 0.29) is 31.0 Å². The molecule has 1 aliphatic rings. The number of hydrogen-bond acceptors (Lipinski definition) is 5. The largest absolute Gasteiger partial charge is 0.491 e. The van der Waals surface area contributed by atoms with Gasteiger partial charge in [-0.15, -0.1) is 0 Å². The Kier molecular flexibility index (Phi) is 6.55. The van der Waals surface area contributed by atoms with Crippen LogP contribution in [0.4, 0.5) is 4.39 Å². The van der Waals surface area contributed by atoms with Crippen LogP contribution in [0.15, 0.2) is 41.4 Å². The molecule has 144 valence electrons. The molecule has 6 heteroatoms. The van der Waals surface area contributed by atoms with E-state index >= 15 is 0 Å². The average molecular weight is 372 g/mol. The summed E-state index contributed by atoms with van der Waals surface area (Å²) in [6.07, 6.45) is 2.70. The molecule has 2 atom stereocenters. The van der Waals surface area contributed by atoms with Crippen LogP contribution >= 0.6 is 0 Å². The predicted molar refractivity (Wildman–Crippen MR) is 104 cm³/mol. The SMILES string of the molecule is COCc1cc(-c2ccc([C@@H]3CC(CN)C=N3)cc2F)ccc1OCCO. The highest BCUT2D eigenvalue weighted by Gasteiger charge is 2.22. The number of nitrogens with two attached hydrogens (primary N) is 1. The molecule has 0 bridgehead atoms. The predicted octanol–water partition coefficient (Wildman–Crippen LogP) is 3.10. The number of benzene rings is 2. The topological polar surface area (TPSA) is 77.1 Å². The van der Waals surface area contributed by atoms with Gasteiger partial charge < -0.3 is 20.3 Å². The molecule has 2 aromatic rings. The number of halogens is 1. The van der Waals surface area contributed by atoms with E-state index in [1.165, 1.54) is 0 Å². The van der Waals surface area contributed by atoms with Gasteiger partial charge in [0.05, 0.1) is 19.3 Å². The number of rotatable bonds is 8. The Labute approximate surface area is 158 Å². The first-order valence-electron chi connectivity index (χ1n) is 9.05. The van der Waals surface area contributed by atoms with Crippen LogP contribution in [0.3, 0.4) is 0 Å². The van der Waals surface area contributed by atoms with E-state index in [1.807, 2.05) is 24.4 Å². The lowest BCUT2D eigenvalue weighted by molar-refractivity contribution is 0.172. The lowest BCUT2D eigenvalue weighted by Gasteiger charge is -2.14. The second-order valence-electron chi connectivity index (χ2n) is 6.61. The number of methoxy groups -OCH3 is 1. The van der Waals surface area contributed by atoms with Crippen LogP contribution in [-0.4, -0.2) is 38.2 Å². The van der Waals surface area contributed by atoms with Crippen LogP contribution in [0.25, 0.3) is 11.1 Å². The van der Waals surface area contributed by atoms with Gasteiger partial charge in [0.1, 0.15) is 18.2 Å². The van der Waals surface area contributed by atoms with Crippen LogP contribution in [-0.2, 0) is 11.3 Å². The first-order chi connectivity index (χ1) is 13.2. The van der Waals surface area contributed by atoms with E-state index in [0.29, 0.717) is 24.5 Å². The van der Waals surface area contributed by atoms with Crippen molar-refractivity contribution in [3.8, 4) is 16.9 Å². The fraction of sp³-hybridized carbons (Fsp3) is 0.381. The summed E-state index contributed by atoms with van der Waals surface area (Å²) in [6, 6.07) is 10.7. The van der Waals surface area contributed by atoms with Crippen molar-refractivity contribution in [1.82, 2.24) is 0 Å². The Morgan fingerprint density at radius 2 is 2.11 bits per heavy atom. The third-order valence-corrected chi connectivity index (χ3v) is 4.70. The highest BCUT2D eigenvalue weighted by molar-refractivity contribution is 5.68. The van der Waals surface area contributed by atoms with Crippen LogP contribution in [0.2, 0.25) is 0 Å². The van der Waals surface area contributed by atoms with E-state index in [4.69, 9.17) is 20.3 Å². The lowest BCUT2D eigenvalue weighted by atomic mass is 9.96. The molecular weight excluding hydrogens is 347 g/mol. The maximum Gasteiger partial charge on any atom is 0.131 e. The normalized spacial score (nSPS) is 18.8. The zero-order valence-corrected chi connectivity index (χ0v) is 15.4. The Balaban J connectivity index is 1.85. The molecule has 0 saturated carbocycles. The molecule has 1 heterocycles. The molecule has 1 unspecified atom stereocenters. The number of aliphatic hydroxyl groups is 1. The number of nitrogens with zero attached hydrogens (tertiary/aromatic N) is 1. The summed E-state index contributed by atoms with van der Waals surface area (Å²) < 4.78 is 25.5. The third kappa shape index (κ3) is 4.53. The average Bonchev–Trinajstić information content (AvgIpc) is 3.16. The zero-order chi connectivity index (χ0) is 19.2. The smallest absolute Gasteiger partial charge is 0.131 e. The van der Waals surface area contributed by atoms with Crippen molar-refractivity contribution < 1.29 is 19.0 Å². The zero-order valence-electron chi connectivity index (χ0n) is 15.4. The molecule has 0 spiro atoms. The number of aliphatic imine (C=N–C) groups is 1. The minimum atomic E-state index is -0.286. The Hall–Kier alpha value is -2.28. The molecule has 0 aromatic heterocycles. The molecule has 27 heavy (non-hydrogen) atoms. The molecular formula is C21H25FN2O3. The first-order valence-corrected chi connectivity index (χ1v) is 9.05. The third-order valence-electron chi connectivity index (χ3n) is 4.70. The molecule has 0 amide bonds. The summed E-state index contributed by atoms with van der Waals surface area (Å²) in [5.74, 6) is 0.604. The Bertz CT molecular complexity index is 810. The number of aliphatic hydroxyl groups excluding tert-OH is 1. The molecule has 2 aromatic carbocycles. The standard InChI is InChI=1S/C21H25FN2O3/c1-26-13-17-9-15(3-5-21(17)27-7-6-25)18-4-2-16(10-19(18)22)20-8-14(11-23)12-24-20/h2-5,9-10,12,14,20,25H,6-8,11,13,23H2,1H3/t14?,20-/m0/s1. The van der Waals surface area contributed by atoms with Crippen molar-refractivity contribution in [2.45, 2.75) is 19.1 Å². The first kappa shape index (κ1) is 19.5.